The first-order valence-corrected chi connectivity index (χ1v) is 13.9. The maximum absolute atomic E-state index is 14.1. The smallest absolute Gasteiger partial charge is 0.260 e. The van der Waals surface area contributed by atoms with Gasteiger partial charge < -0.3 is 24.4 Å². The second-order valence-electron chi connectivity index (χ2n) is 9.90. The van der Waals surface area contributed by atoms with Gasteiger partial charge in [0.15, 0.2) is 0 Å². The molecule has 3 heterocycles. The first kappa shape index (κ1) is 30.3. The molecule has 41 heavy (non-hydrogen) atoms. The van der Waals surface area contributed by atoms with Crippen LogP contribution in [-0.2, 0) is 16.1 Å². The van der Waals surface area contributed by atoms with Crippen LogP contribution in [0, 0.1) is 0 Å². The van der Waals surface area contributed by atoms with Crippen LogP contribution in [0.25, 0.3) is 22.2 Å². The minimum absolute atomic E-state index is 0.0217. The lowest BCUT2D eigenvalue weighted by Crippen LogP contribution is -2.48. The standard InChI is InChI=1S/C29H37ClN6O5/c1-6-25(37)35-12-10-34(11-13-35)8-7-9-36-27-20(17-31-29(33-27)32-19(2)18-39-3)14-23(28(36)38)22-15-21(40-4)16-24(41-5)26(22)30/h6,14-17,19H,1,7-13,18H2,2-5H3,(H,31,32,33). The highest BCUT2D eigenvalue weighted by Gasteiger charge is 2.21. The number of carbonyl (C=O) groups excluding carboxylic acids is 1. The summed E-state index contributed by atoms with van der Waals surface area (Å²) in [5, 5.41) is 4.24. The third-order valence-electron chi connectivity index (χ3n) is 7.09. The molecule has 220 valence electrons. The molecule has 1 unspecified atom stereocenters. The Labute approximate surface area is 244 Å². The molecule has 1 saturated heterocycles. The second kappa shape index (κ2) is 13.8. The number of ether oxygens (including phenoxy) is 3. The maximum Gasteiger partial charge on any atom is 0.260 e. The van der Waals surface area contributed by atoms with E-state index < -0.39 is 0 Å². The predicted molar refractivity (Wildman–Crippen MR) is 160 cm³/mol. The number of amides is 1. The number of piperazine rings is 1. The number of hydrogen-bond donors (Lipinski definition) is 1. The van der Waals surface area contributed by atoms with Crippen molar-refractivity contribution in [1.82, 2.24) is 24.3 Å². The minimum Gasteiger partial charge on any atom is -0.497 e. The van der Waals surface area contributed by atoms with Crippen molar-refractivity contribution in [2.24, 2.45) is 0 Å². The highest BCUT2D eigenvalue weighted by atomic mass is 35.5. The van der Waals surface area contributed by atoms with Gasteiger partial charge in [-0.25, -0.2) is 4.98 Å². The number of benzene rings is 1. The summed E-state index contributed by atoms with van der Waals surface area (Å²) in [6, 6.07) is 5.14. The van der Waals surface area contributed by atoms with Crippen molar-refractivity contribution in [2.75, 3.05) is 66.0 Å². The van der Waals surface area contributed by atoms with Gasteiger partial charge in [-0.3, -0.25) is 19.1 Å². The van der Waals surface area contributed by atoms with Gasteiger partial charge in [-0.15, -0.1) is 0 Å². The van der Waals surface area contributed by atoms with Gasteiger partial charge in [0.1, 0.15) is 17.1 Å². The Balaban J connectivity index is 1.69. The number of hydrogen-bond acceptors (Lipinski definition) is 9. The Morgan fingerprint density at radius 3 is 2.54 bits per heavy atom. The number of nitrogens with zero attached hydrogens (tertiary/aromatic N) is 5. The molecular weight excluding hydrogens is 548 g/mol. The Kier molecular flexibility index (Phi) is 10.2. The summed E-state index contributed by atoms with van der Waals surface area (Å²) < 4.78 is 17.8. The van der Waals surface area contributed by atoms with Gasteiger partial charge in [0.2, 0.25) is 11.9 Å². The first-order chi connectivity index (χ1) is 19.8. The van der Waals surface area contributed by atoms with Crippen LogP contribution in [0.1, 0.15) is 13.3 Å². The summed E-state index contributed by atoms with van der Waals surface area (Å²) in [7, 11) is 4.70. The van der Waals surface area contributed by atoms with Crippen molar-refractivity contribution in [3.63, 3.8) is 0 Å². The van der Waals surface area contributed by atoms with Crippen LogP contribution >= 0.6 is 11.6 Å². The summed E-state index contributed by atoms with van der Waals surface area (Å²) in [4.78, 5) is 39.3. The maximum atomic E-state index is 14.1. The molecule has 1 aliphatic rings. The molecule has 1 N–H and O–H groups in total. The number of nitrogens with one attached hydrogen (secondary N) is 1. The first-order valence-electron chi connectivity index (χ1n) is 13.5. The van der Waals surface area contributed by atoms with E-state index in [2.05, 4.69) is 21.8 Å². The van der Waals surface area contributed by atoms with Gasteiger partial charge >= 0.3 is 0 Å². The number of aromatic nitrogens is 3. The predicted octanol–water partition coefficient (Wildman–Crippen LogP) is 3.30. The minimum atomic E-state index is -0.231. The van der Waals surface area contributed by atoms with Crippen molar-refractivity contribution < 1.29 is 19.0 Å². The lowest BCUT2D eigenvalue weighted by molar-refractivity contribution is -0.127. The molecule has 1 amide bonds. The zero-order valence-electron chi connectivity index (χ0n) is 24.0. The van der Waals surface area contributed by atoms with Crippen molar-refractivity contribution >= 4 is 34.5 Å². The molecule has 12 heteroatoms. The molecule has 0 bridgehead atoms. The molecule has 0 saturated carbocycles. The third kappa shape index (κ3) is 6.98. The van der Waals surface area contributed by atoms with Gasteiger partial charge in [0, 0.05) is 74.7 Å². The van der Waals surface area contributed by atoms with Crippen molar-refractivity contribution in [1.29, 1.82) is 0 Å². The molecule has 11 nitrogen and oxygen atoms in total. The Morgan fingerprint density at radius 1 is 1.12 bits per heavy atom. The summed E-state index contributed by atoms with van der Waals surface area (Å²) in [6.45, 7) is 10.1. The van der Waals surface area contributed by atoms with E-state index in [0.29, 0.717) is 77.3 Å². The van der Waals surface area contributed by atoms with Crippen LogP contribution in [0.4, 0.5) is 5.95 Å². The van der Waals surface area contributed by atoms with E-state index in [1.807, 2.05) is 6.92 Å². The van der Waals surface area contributed by atoms with Crippen LogP contribution in [0.2, 0.25) is 5.02 Å². The Bertz CT molecular complexity index is 1450. The zero-order valence-corrected chi connectivity index (χ0v) is 24.7. The fraction of sp³-hybridized carbons (Fsp3) is 0.448. The highest BCUT2D eigenvalue weighted by Crippen LogP contribution is 2.38. The number of carbonyl (C=O) groups is 1. The Morgan fingerprint density at radius 2 is 1.88 bits per heavy atom. The summed E-state index contributed by atoms with van der Waals surface area (Å²) >= 11 is 6.69. The van der Waals surface area contributed by atoms with E-state index >= 15 is 0 Å². The van der Waals surface area contributed by atoms with Crippen LogP contribution in [-0.4, -0.2) is 96.9 Å². The van der Waals surface area contributed by atoms with Crippen LogP contribution in [0.3, 0.4) is 0 Å². The molecule has 1 atom stereocenters. The van der Waals surface area contributed by atoms with E-state index in [9.17, 15) is 9.59 Å². The average Bonchev–Trinajstić information content (AvgIpc) is 2.98. The largest absolute Gasteiger partial charge is 0.497 e. The lowest BCUT2D eigenvalue weighted by atomic mass is 10.0. The van der Waals surface area contributed by atoms with E-state index in [1.165, 1.54) is 13.2 Å². The van der Waals surface area contributed by atoms with E-state index in [0.717, 1.165) is 19.6 Å². The van der Waals surface area contributed by atoms with Gasteiger partial charge in [0.25, 0.3) is 5.56 Å². The molecule has 4 rings (SSSR count). The zero-order chi connectivity index (χ0) is 29.5. The van der Waals surface area contributed by atoms with Crippen LogP contribution in [0.15, 0.2) is 41.8 Å². The van der Waals surface area contributed by atoms with E-state index in [1.54, 1.807) is 48.1 Å². The van der Waals surface area contributed by atoms with Crippen molar-refractivity contribution in [3.8, 4) is 22.6 Å². The van der Waals surface area contributed by atoms with Crippen molar-refractivity contribution in [3.05, 3.63) is 52.4 Å². The fourth-order valence-electron chi connectivity index (χ4n) is 4.95. The van der Waals surface area contributed by atoms with Gasteiger partial charge in [0.05, 0.1) is 25.8 Å². The van der Waals surface area contributed by atoms with Crippen molar-refractivity contribution in [2.45, 2.75) is 25.9 Å². The van der Waals surface area contributed by atoms with Crippen LogP contribution < -0.4 is 20.3 Å². The topological polar surface area (TPSA) is 111 Å². The van der Waals surface area contributed by atoms with E-state index in [4.69, 9.17) is 30.8 Å². The number of fused-ring (bicyclic) bond motifs is 1. The molecule has 1 aliphatic heterocycles. The van der Waals surface area contributed by atoms with Crippen LogP contribution in [0.5, 0.6) is 11.5 Å². The molecule has 3 aromatic rings. The summed E-state index contributed by atoms with van der Waals surface area (Å²) in [6.07, 6.45) is 3.76. The number of aryl methyl sites for hydroxylation is 1. The molecule has 0 aliphatic carbocycles. The average molecular weight is 585 g/mol. The van der Waals surface area contributed by atoms with E-state index in [-0.39, 0.29) is 17.5 Å². The molecule has 2 aromatic heterocycles. The molecule has 0 radical (unpaired) electrons. The monoisotopic (exact) mass is 584 g/mol. The molecule has 1 fully saturated rings. The number of anilines is 1. The van der Waals surface area contributed by atoms with Gasteiger partial charge in [-0.1, -0.05) is 18.2 Å². The molecule has 0 spiro atoms. The van der Waals surface area contributed by atoms with Gasteiger partial charge in [-0.2, -0.15) is 4.98 Å². The number of methoxy groups -OCH3 is 3. The SMILES string of the molecule is C=CC(=O)N1CCN(CCCn2c(=O)c(-c3cc(OC)cc(OC)c3Cl)cc3cnc(NC(C)COC)nc32)CC1. The number of rotatable bonds is 12. The summed E-state index contributed by atoms with van der Waals surface area (Å²) in [5.74, 6) is 1.29. The highest BCUT2D eigenvalue weighted by molar-refractivity contribution is 6.35. The molecule has 1 aromatic carbocycles. The number of halogens is 1. The number of pyridine rings is 1. The quantitative estimate of drug-likeness (QED) is 0.321. The second-order valence-corrected chi connectivity index (χ2v) is 10.3. The third-order valence-corrected chi connectivity index (χ3v) is 7.48. The fourth-order valence-corrected chi connectivity index (χ4v) is 5.24. The molecular formula is C29H37ClN6O5. The summed E-state index contributed by atoms with van der Waals surface area (Å²) in [5.41, 5.74) is 1.19. The normalized spacial score (nSPS) is 14.6. The van der Waals surface area contributed by atoms with Gasteiger partial charge in [-0.05, 0) is 38.1 Å². The lowest BCUT2D eigenvalue weighted by Gasteiger charge is -2.34. The Hall–Kier alpha value is -3.67.